The summed E-state index contributed by atoms with van der Waals surface area (Å²) in [5.41, 5.74) is 4.58. The number of amides is 1. The third kappa shape index (κ3) is 11.4. The van der Waals surface area contributed by atoms with Gasteiger partial charge in [0.15, 0.2) is 5.13 Å². The highest BCUT2D eigenvalue weighted by Gasteiger charge is 2.19. The van der Waals surface area contributed by atoms with Gasteiger partial charge in [0, 0.05) is 11.3 Å². The second kappa shape index (κ2) is 18.4. The fourth-order valence-corrected chi connectivity index (χ4v) is 5.58. The fourth-order valence-electron chi connectivity index (χ4n) is 4.60. The first kappa shape index (κ1) is 34.2. The largest absolute Gasteiger partial charge is 0.446 e. The van der Waals surface area contributed by atoms with Crippen LogP contribution in [0.4, 0.5) is 15.6 Å². The van der Waals surface area contributed by atoms with E-state index in [-0.39, 0.29) is 12.2 Å². The highest BCUT2D eigenvalue weighted by atomic mass is 32.1. The average Bonchev–Trinajstić information content (AvgIpc) is 3.38. The summed E-state index contributed by atoms with van der Waals surface area (Å²) in [6.45, 7) is 15.6. The van der Waals surface area contributed by atoms with Crippen LogP contribution in [0.3, 0.4) is 0 Å². The second-order valence-electron chi connectivity index (χ2n) is 9.92. The number of aliphatic hydroxyl groups is 1. The van der Waals surface area contributed by atoms with E-state index in [4.69, 9.17) is 9.84 Å². The minimum atomic E-state index is -0.433. The number of rotatable bonds is 5. The van der Waals surface area contributed by atoms with E-state index in [1.165, 1.54) is 25.7 Å². The van der Waals surface area contributed by atoms with Gasteiger partial charge >= 0.3 is 6.09 Å². The molecule has 1 aromatic carbocycles. The van der Waals surface area contributed by atoms with Crippen LogP contribution in [0.25, 0.3) is 21.5 Å². The molecule has 0 bridgehead atoms. The van der Waals surface area contributed by atoms with Gasteiger partial charge in [0.1, 0.15) is 6.10 Å². The Hall–Kier alpha value is -3.04. The molecule has 0 unspecified atom stereocenters. The van der Waals surface area contributed by atoms with E-state index in [9.17, 15) is 4.79 Å². The van der Waals surface area contributed by atoms with E-state index < -0.39 is 6.09 Å². The Bertz CT molecular complexity index is 1220. The third-order valence-electron chi connectivity index (χ3n) is 6.62. The normalized spacial score (nSPS) is 15.2. The van der Waals surface area contributed by atoms with E-state index >= 15 is 0 Å². The molecule has 3 aromatic rings. The Kier molecular flexibility index (Phi) is 15.3. The summed E-state index contributed by atoms with van der Waals surface area (Å²) in [7, 11) is 0. The molecule has 0 saturated heterocycles. The van der Waals surface area contributed by atoms with Gasteiger partial charge in [0.2, 0.25) is 0 Å². The molecule has 9 heteroatoms. The standard InChI is InChI=1S/C22H25N5O2S.C6H12O.2C2H6/c1-13(2)23-21-24-17-10-9-15(11-20(17)30-21)19-12-18(14(3)26-27-19)25-22(28)29-16-7-5-4-6-8-16;7-6-4-2-1-3-5-6;2*1-2/h9-12,16H,1,4-8H2,2-3H3,(H,23,24)(H,25,27,28);6-7H,1-5H2;2*1-2H3. The first-order valence-electron chi connectivity index (χ1n) is 15.2. The number of carbonyl (C=O) groups is 1. The highest BCUT2D eigenvalue weighted by Crippen LogP contribution is 2.31. The van der Waals surface area contributed by atoms with Crippen molar-refractivity contribution in [2.75, 3.05) is 10.6 Å². The zero-order valence-corrected chi connectivity index (χ0v) is 26.6. The zero-order chi connectivity index (χ0) is 30.2. The summed E-state index contributed by atoms with van der Waals surface area (Å²) in [6.07, 6.45) is 10.8. The van der Waals surface area contributed by atoms with Gasteiger partial charge in [0.25, 0.3) is 0 Å². The maximum atomic E-state index is 12.3. The maximum absolute atomic E-state index is 12.3. The number of allylic oxidation sites excluding steroid dienone is 1. The number of aryl methyl sites for hydroxylation is 1. The molecule has 3 N–H and O–H groups in total. The van der Waals surface area contributed by atoms with E-state index in [0.29, 0.717) is 17.1 Å². The van der Waals surface area contributed by atoms with Crippen LogP contribution in [0, 0.1) is 6.92 Å². The Balaban J connectivity index is 0.000000456. The monoisotopic (exact) mass is 583 g/mol. The van der Waals surface area contributed by atoms with Crippen LogP contribution in [-0.2, 0) is 4.74 Å². The van der Waals surface area contributed by atoms with E-state index in [0.717, 1.165) is 65.1 Å². The SMILES string of the molecule is C=C(C)Nc1nc2ccc(-c3cc(NC(=O)OC4CCCCC4)c(C)nn3)cc2s1.CC.CC.OC1CCCCC1. The quantitative estimate of drug-likeness (QED) is 0.275. The second-order valence-corrected chi connectivity index (χ2v) is 10.9. The van der Waals surface area contributed by atoms with E-state index in [1.807, 2.05) is 65.8 Å². The summed E-state index contributed by atoms with van der Waals surface area (Å²) in [6, 6.07) is 7.77. The molecule has 0 spiro atoms. The predicted octanol–water partition coefficient (Wildman–Crippen LogP) is 9.25. The summed E-state index contributed by atoms with van der Waals surface area (Å²) in [4.78, 5) is 16.9. The lowest BCUT2D eigenvalue weighted by atomic mass is 9.98. The van der Waals surface area contributed by atoms with Crippen LogP contribution in [0.15, 0.2) is 36.5 Å². The van der Waals surface area contributed by atoms with Crippen LogP contribution in [0.2, 0.25) is 0 Å². The molecule has 1 amide bonds. The Morgan fingerprint density at radius 1 is 0.951 bits per heavy atom. The van der Waals surface area contributed by atoms with Gasteiger partial charge < -0.3 is 15.2 Å². The first-order valence-corrected chi connectivity index (χ1v) is 16.0. The van der Waals surface area contributed by atoms with E-state index in [1.54, 1.807) is 11.3 Å². The lowest BCUT2D eigenvalue weighted by molar-refractivity contribution is 0.0865. The molecule has 5 rings (SSSR count). The molecule has 2 heterocycles. The molecule has 41 heavy (non-hydrogen) atoms. The number of nitrogens with one attached hydrogen (secondary N) is 2. The van der Waals surface area contributed by atoms with Crippen molar-refractivity contribution in [3.63, 3.8) is 0 Å². The number of fused-ring (bicyclic) bond motifs is 1. The summed E-state index contributed by atoms with van der Waals surface area (Å²) in [5.74, 6) is 0. The van der Waals surface area contributed by atoms with Crippen molar-refractivity contribution < 1.29 is 14.6 Å². The smallest absolute Gasteiger partial charge is 0.411 e. The van der Waals surface area contributed by atoms with E-state index in [2.05, 4.69) is 32.4 Å². The van der Waals surface area contributed by atoms with Crippen molar-refractivity contribution in [2.45, 2.75) is 118 Å². The van der Waals surface area contributed by atoms with Gasteiger partial charge in [-0.2, -0.15) is 10.2 Å². The molecule has 2 fully saturated rings. The van der Waals surface area contributed by atoms with Gasteiger partial charge in [0.05, 0.1) is 33.4 Å². The van der Waals surface area contributed by atoms with Crippen molar-refractivity contribution in [3.8, 4) is 11.3 Å². The Morgan fingerprint density at radius 2 is 1.59 bits per heavy atom. The number of hydrogen-bond acceptors (Lipinski definition) is 8. The maximum Gasteiger partial charge on any atom is 0.411 e. The fraction of sp³-hybridized carbons (Fsp3) is 0.562. The van der Waals surface area contributed by atoms with Crippen LogP contribution < -0.4 is 10.6 Å². The Morgan fingerprint density at radius 3 is 2.17 bits per heavy atom. The summed E-state index contributed by atoms with van der Waals surface area (Å²) in [5, 5.41) is 24.2. The number of hydrogen-bond donors (Lipinski definition) is 3. The van der Waals surface area contributed by atoms with Gasteiger partial charge in [-0.1, -0.05) is 77.4 Å². The van der Waals surface area contributed by atoms with Crippen molar-refractivity contribution in [1.82, 2.24) is 15.2 Å². The predicted molar refractivity (Wildman–Crippen MR) is 173 cm³/mol. The van der Waals surface area contributed by atoms with Gasteiger partial charge in [-0.25, -0.2) is 9.78 Å². The van der Waals surface area contributed by atoms with Crippen LogP contribution in [-0.4, -0.2) is 38.6 Å². The molecule has 0 aliphatic heterocycles. The van der Waals surface area contributed by atoms with Crippen molar-refractivity contribution in [1.29, 1.82) is 0 Å². The van der Waals surface area contributed by atoms with Gasteiger partial charge in [-0.15, -0.1) is 0 Å². The number of ether oxygens (including phenoxy) is 1. The first-order chi connectivity index (χ1) is 19.9. The number of anilines is 2. The molecule has 2 aliphatic rings. The van der Waals surface area contributed by atoms with Gasteiger partial charge in [-0.05, 0) is 70.6 Å². The summed E-state index contributed by atoms with van der Waals surface area (Å²) < 4.78 is 6.60. The lowest BCUT2D eigenvalue weighted by Crippen LogP contribution is -2.24. The number of aromatic nitrogens is 3. The molecule has 2 aliphatic carbocycles. The number of nitrogens with zero attached hydrogens (tertiary/aromatic N) is 3. The van der Waals surface area contributed by atoms with Crippen LogP contribution in [0.1, 0.15) is 105 Å². The zero-order valence-electron chi connectivity index (χ0n) is 25.8. The lowest BCUT2D eigenvalue weighted by Gasteiger charge is -2.22. The van der Waals surface area contributed by atoms with Crippen molar-refractivity contribution in [2.24, 2.45) is 0 Å². The third-order valence-corrected chi connectivity index (χ3v) is 7.55. The molecule has 2 saturated carbocycles. The van der Waals surface area contributed by atoms with Crippen LogP contribution in [0.5, 0.6) is 0 Å². The van der Waals surface area contributed by atoms with Gasteiger partial charge in [-0.3, -0.25) is 5.32 Å². The molecule has 0 radical (unpaired) electrons. The molecular formula is C32H49N5O3S. The minimum Gasteiger partial charge on any atom is -0.446 e. The molecule has 8 nitrogen and oxygen atoms in total. The number of carbonyl (C=O) groups excluding carboxylic acids is 1. The Labute approximate surface area is 250 Å². The molecule has 2 aromatic heterocycles. The molecule has 226 valence electrons. The topological polar surface area (TPSA) is 109 Å². The minimum absolute atomic E-state index is 0.00377. The molecular weight excluding hydrogens is 534 g/mol. The molecule has 0 atom stereocenters. The van der Waals surface area contributed by atoms with Crippen molar-refractivity contribution >= 4 is 38.5 Å². The summed E-state index contributed by atoms with van der Waals surface area (Å²) >= 11 is 1.55. The highest BCUT2D eigenvalue weighted by molar-refractivity contribution is 7.22. The average molecular weight is 584 g/mol. The van der Waals surface area contributed by atoms with Crippen LogP contribution >= 0.6 is 11.3 Å². The number of aliphatic hydroxyl groups excluding tert-OH is 1. The van der Waals surface area contributed by atoms with Crippen molar-refractivity contribution in [3.05, 3.63) is 42.2 Å². The number of thiazole rings is 1. The number of benzene rings is 1.